The number of hydrazine groups is 1. The van der Waals surface area contributed by atoms with Gasteiger partial charge in [0.2, 0.25) is 0 Å². The average molecular weight is 424 g/mol. The summed E-state index contributed by atoms with van der Waals surface area (Å²) in [4.78, 5) is 25.9. The van der Waals surface area contributed by atoms with E-state index in [4.69, 9.17) is 9.15 Å². The lowest BCUT2D eigenvalue weighted by molar-refractivity contribution is -0.123. The van der Waals surface area contributed by atoms with Crippen molar-refractivity contribution in [2.75, 3.05) is 19.7 Å². The highest BCUT2D eigenvalue weighted by Gasteiger charge is 2.13. The summed E-state index contributed by atoms with van der Waals surface area (Å²) in [7, 11) is 0. The van der Waals surface area contributed by atoms with Gasteiger partial charge in [-0.2, -0.15) is 0 Å². The summed E-state index contributed by atoms with van der Waals surface area (Å²) >= 11 is 3.32. The molecule has 2 aromatic rings. The number of rotatable bonds is 8. The van der Waals surface area contributed by atoms with E-state index in [1.54, 1.807) is 24.3 Å². The molecule has 1 aromatic carbocycles. The second kappa shape index (κ2) is 9.98. The van der Waals surface area contributed by atoms with Gasteiger partial charge in [0.1, 0.15) is 11.5 Å². The van der Waals surface area contributed by atoms with Crippen molar-refractivity contribution in [1.82, 2.24) is 15.8 Å². The Labute approximate surface area is 160 Å². The van der Waals surface area contributed by atoms with Crippen molar-refractivity contribution in [3.8, 4) is 5.75 Å². The molecule has 0 atom stereocenters. The molecule has 7 nitrogen and oxygen atoms in total. The standard InChI is InChI=1S/C18H22BrN3O4/c1-3-22(4-2)11-15-9-10-16(26-15)18(24)21-20-17(23)12-25-14-7-5-13(19)6-8-14/h5-10H,3-4,11-12H2,1-2H3,(H,20,23)(H,21,24). The van der Waals surface area contributed by atoms with E-state index in [1.807, 2.05) is 12.1 Å². The minimum Gasteiger partial charge on any atom is -0.484 e. The van der Waals surface area contributed by atoms with Crippen LogP contribution in [-0.2, 0) is 11.3 Å². The second-order valence-electron chi connectivity index (χ2n) is 5.47. The van der Waals surface area contributed by atoms with E-state index in [9.17, 15) is 9.59 Å². The van der Waals surface area contributed by atoms with Crippen molar-refractivity contribution in [3.05, 3.63) is 52.4 Å². The number of furan rings is 1. The molecule has 0 saturated carbocycles. The third-order valence-corrected chi connectivity index (χ3v) is 4.19. The highest BCUT2D eigenvalue weighted by Crippen LogP contribution is 2.15. The molecule has 0 bridgehead atoms. The fourth-order valence-electron chi connectivity index (χ4n) is 2.16. The first-order valence-corrected chi connectivity index (χ1v) is 9.09. The number of hydrogen-bond acceptors (Lipinski definition) is 5. The van der Waals surface area contributed by atoms with Crippen LogP contribution >= 0.6 is 15.9 Å². The van der Waals surface area contributed by atoms with Crippen LogP contribution in [0.4, 0.5) is 0 Å². The quantitative estimate of drug-likeness (QED) is 0.637. The van der Waals surface area contributed by atoms with Gasteiger partial charge in [0.15, 0.2) is 12.4 Å². The van der Waals surface area contributed by atoms with Gasteiger partial charge in [0.25, 0.3) is 5.91 Å². The minimum atomic E-state index is -0.521. The largest absolute Gasteiger partial charge is 0.484 e. The summed E-state index contributed by atoms with van der Waals surface area (Å²) < 4.78 is 11.7. The molecule has 1 heterocycles. The molecule has 140 valence electrons. The number of ether oxygens (including phenoxy) is 1. The minimum absolute atomic E-state index is 0.140. The Kier molecular flexibility index (Phi) is 7.68. The van der Waals surface area contributed by atoms with Gasteiger partial charge in [-0.1, -0.05) is 29.8 Å². The van der Waals surface area contributed by atoms with Gasteiger partial charge in [-0.3, -0.25) is 25.3 Å². The lowest BCUT2D eigenvalue weighted by Crippen LogP contribution is -2.43. The molecule has 0 aliphatic heterocycles. The topological polar surface area (TPSA) is 83.8 Å². The molecule has 2 rings (SSSR count). The van der Waals surface area contributed by atoms with Crippen LogP contribution in [-0.4, -0.2) is 36.4 Å². The molecule has 0 saturated heterocycles. The summed E-state index contributed by atoms with van der Waals surface area (Å²) in [5.41, 5.74) is 4.60. The first-order chi connectivity index (χ1) is 12.5. The zero-order valence-electron chi connectivity index (χ0n) is 14.8. The number of carbonyl (C=O) groups excluding carboxylic acids is 2. The average Bonchev–Trinajstić information content (AvgIpc) is 3.12. The Morgan fingerprint density at radius 3 is 2.42 bits per heavy atom. The van der Waals surface area contributed by atoms with E-state index in [-0.39, 0.29) is 12.4 Å². The van der Waals surface area contributed by atoms with Crippen molar-refractivity contribution < 1.29 is 18.7 Å². The van der Waals surface area contributed by atoms with E-state index in [0.29, 0.717) is 18.1 Å². The first-order valence-electron chi connectivity index (χ1n) is 8.30. The van der Waals surface area contributed by atoms with Gasteiger partial charge in [-0.25, -0.2) is 0 Å². The molecule has 0 spiro atoms. The van der Waals surface area contributed by atoms with Crippen molar-refractivity contribution >= 4 is 27.7 Å². The highest BCUT2D eigenvalue weighted by atomic mass is 79.9. The molecule has 0 unspecified atom stereocenters. The van der Waals surface area contributed by atoms with E-state index in [0.717, 1.165) is 17.6 Å². The van der Waals surface area contributed by atoms with Crippen LogP contribution in [0.2, 0.25) is 0 Å². The predicted octanol–water partition coefficient (Wildman–Crippen LogP) is 2.72. The summed E-state index contributed by atoms with van der Waals surface area (Å²) in [6.45, 7) is 6.33. The fraction of sp³-hybridized carbons (Fsp3) is 0.333. The Bertz CT molecular complexity index is 726. The summed E-state index contributed by atoms with van der Waals surface area (Å²) in [6, 6.07) is 10.4. The van der Waals surface area contributed by atoms with Crippen LogP contribution in [0, 0.1) is 0 Å². The van der Waals surface area contributed by atoms with Gasteiger partial charge in [-0.15, -0.1) is 0 Å². The van der Waals surface area contributed by atoms with Gasteiger partial charge >= 0.3 is 5.91 Å². The smallest absolute Gasteiger partial charge is 0.305 e. The molecular weight excluding hydrogens is 402 g/mol. The lowest BCUT2D eigenvalue weighted by atomic mass is 10.3. The Hall–Kier alpha value is -2.32. The Morgan fingerprint density at radius 1 is 1.08 bits per heavy atom. The number of nitrogens with zero attached hydrogens (tertiary/aromatic N) is 1. The lowest BCUT2D eigenvalue weighted by Gasteiger charge is -2.15. The van der Waals surface area contributed by atoms with Gasteiger partial charge in [0, 0.05) is 4.47 Å². The van der Waals surface area contributed by atoms with Crippen molar-refractivity contribution in [3.63, 3.8) is 0 Å². The summed E-state index contributed by atoms with van der Waals surface area (Å²) in [5.74, 6) is 0.399. The van der Waals surface area contributed by atoms with Crippen molar-refractivity contribution in [2.45, 2.75) is 20.4 Å². The van der Waals surface area contributed by atoms with Crippen LogP contribution in [0.1, 0.15) is 30.2 Å². The van der Waals surface area contributed by atoms with Crippen LogP contribution < -0.4 is 15.6 Å². The van der Waals surface area contributed by atoms with Crippen LogP contribution in [0.3, 0.4) is 0 Å². The molecule has 2 amide bonds. The summed E-state index contributed by atoms with van der Waals surface area (Å²) in [5, 5.41) is 0. The first kappa shape index (κ1) is 20.0. The molecular formula is C18H22BrN3O4. The van der Waals surface area contributed by atoms with Crippen LogP contribution in [0.25, 0.3) is 0 Å². The maximum atomic E-state index is 12.0. The van der Waals surface area contributed by atoms with E-state index < -0.39 is 11.8 Å². The molecule has 0 aliphatic rings. The van der Waals surface area contributed by atoms with Crippen LogP contribution in [0.15, 0.2) is 45.3 Å². The summed E-state index contributed by atoms with van der Waals surface area (Å²) in [6.07, 6.45) is 0. The highest BCUT2D eigenvalue weighted by molar-refractivity contribution is 9.10. The number of benzene rings is 1. The van der Waals surface area contributed by atoms with Gasteiger partial charge in [-0.05, 0) is 49.5 Å². The SMILES string of the molecule is CCN(CC)Cc1ccc(C(=O)NNC(=O)COc2ccc(Br)cc2)o1. The Balaban J connectivity index is 1.76. The maximum Gasteiger partial charge on any atom is 0.305 e. The zero-order chi connectivity index (χ0) is 18.9. The van der Waals surface area contributed by atoms with Crippen molar-refractivity contribution in [1.29, 1.82) is 0 Å². The third kappa shape index (κ3) is 6.20. The molecule has 2 N–H and O–H groups in total. The zero-order valence-corrected chi connectivity index (χ0v) is 16.3. The van der Waals surface area contributed by atoms with E-state index >= 15 is 0 Å². The number of nitrogens with one attached hydrogen (secondary N) is 2. The molecule has 0 radical (unpaired) electrons. The maximum absolute atomic E-state index is 12.0. The molecule has 0 aliphatic carbocycles. The fourth-order valence-corrected chi connectivity index (χ4v) is 2.42. The number of carbonyl (C=O) groups is 2. The molecule has 26 heavy (non-hydrogen) atoms. The predicted molar refractivity (Wildman–Crippen MR) is 101 cm³/mol. The van der Waals surface area contributed by atoms with E-state index in [2.05, 4.69) is 45.5 Å². The normalized spacial score (nSPS) is 10.6. The monoisotopic (exact) mass is 423 g/mol. The number of halogens is 1. The van der Waals surface area contributed by atoms with Gasteiger partial charge < -0.3 is 9.15 Å². The second-order valence-corrected chi connectivity index (χ2v) is 6.39. The van der Waals surface area contributed by atoms with Crippen molar-refractivity contribution in [2.24, 2.45) is 0 Å². The number of amides is 2. The molecule has 0 fully saturated rings. The van der Waals surface area contributed by atoms with Crippen LogP contribution in [0.5, 0.6) is 5.75 Å². The number of hydrogen-bond donors (Lipinski definition) is 2. The van der Waals surface area contributed by atoms with Gasteiger partial charge in [0.05, 0.1) is 6.54 Å². The Morgan fingerprint density at radius 2 is 1.77 bits per heavy atom. The molecule has 1 aromatic heterocycles. The molecule has 8 heteroatoms. The third-order valence-electron chi connectivity index (χ3n) is 3.66. The van der Waals surface area contributed by atoms with E-state index in [1.165, 1.54) is 0 Å².